The molecule has 0 radical (unpaired) electrons. The number of methoxy groups -OCH3 is 1. The van der Waals surface area contributed by atoms with Crippen LogP contribution in [0.5, 0.6) is 5.75 Å². The number of rotatable bonds is 4. The summed E-state index contributed by atoms with van der Waals surface area (Å²) in [5.74, 6) is 0.834. The second-order valence-electron chi connectivity index (χ2n) is 3.27. The maximum absolute atomic E-state index is 10.7. The molecule has 0 unspecified atom stereocenters. The number of hydrogen-bond donors (Lipinski definition) is 0. The number of halogens is 1. The van der Waals surface area contributed by atoms with Crippen molar-refractivity contribution in [2.45, 2.75) is 6.42 Å². The van der Waals surface area contributed by atoms with Gasteiger partial charge in [0.2, 0.25) is 0 Å². The van der Waals surface area contributed by atoms with E-state index >= 15 is 0 Å². The molecule has 0 N–H and O–H groups in total. The minimum absolute atomic E-state index is 0.427. The third-order valence-electron chi connectivity index (χ3n) is 2.20. The van der Waals surface area contributed by atoms with Crippen LogP contribution in [0, 0.1) is 0 Å². The highest BCUT2D eigenvalue weighted by atomic mass is 35.5. The smallest absolute Gasteiger partial charge is 0.316 e. The maximum atomic E-state index is 10.7. The van der Waals surface area contributed by atoms with Crippen LogP contribution in [0.25, 0.3) is 0 Å². The van der Waals surface area contributed by atoms with Crippen LogP contribution in [0.15, 0.2) is 24.3 Å². The lowest BCUT2D eigenvalue weighted by Crippen LogP contribution is -2.23. The maximum Gasteiger partial charge on any atom is 0.316 e. The van der Waals surface area contributed by atoms with Gasteiger partial charge in [-0.05, 0) is 35.7 Å². The fraction of sp³-hybridized carbons (Fsp3) is 0.364. The predicted octanol–water partition coefficient (Wildman–Crippen LogP) is 2.53. The van der Waals surface area contributed by atoms with E-state index in [1.165, 1.54) is 4.90 Å². The zero-order chi connectivity index (χ0) is 11.3. The van der Waals surface area contributed by atoms with Crippen molar-refractivity contribution in [2.75, 3.05) is 20.7 Å². The molecule has 3 nitrogen and oxygen atoms in total. The summed E-state index contributed by atoms with van der Waals surface area (Å²) in [6, 6.07) is 7.76. The Labute approximate surface area is 94.6 Å². The standard InChI is InChI=1S/C11H14ClNO2/c1-13(11(12)14)8-7-9-3-5-10(15-2)6-4-9/h3-6H,7-8H2,1-2H3. The zero-order valence-electron chi connectivity index (χ0n) is 8.87. The summed E-state index contributed by atoms with van der Waals surface area (Å²) in [5.41, 5.74) is 1.15. The normalized spacial score (nSPS) is 9.80. The summed E-state index contributed by atoms with van der Waals surface area (Å²) in [6.45, 7) is 0.620. The molecule has 1 amide bonds. The number of amides is 1. The minimum atomic E-state index is -0.427. The summed E-state index contributed by atoms with van der Waals surface area (Å²) in [4.78, 5) is 12.2. The SMILES string of the molecule is COc1ccc(CCN(C)C(=O)Cl)cc1. The molecule has 0 aliphatic rings. The number of likely N-dealkylation sites (N-methyl/N-ethyl adjacent to an activating group) is 1. The summed E-state index contributed by atoms with van der Waals surface area (Å²) < 4.78 is 5.05. The van der Waals surface area contributed by atoms with Crippen LogP contribution in [-0.4, -0.2) is 31.0 Å². The second kappa shape index (κ2) is 5.61. The van der Waals surface area contributed by atoms with Gasteiger partial charge in [-0.1, -0.05) is 12.1 Å². The Bertz CT molecular complexity index is 324. The summed E-state index contributed by atoms with van der Waals surface area (Å²) in [6.07, 6.45) is 0.791. The molecule has 15 heavy (non-hydrogen) atoms. The molecule has 82 valence electrons. The fourth-order valence-electron chi connectivity index (χ4n) is 1.18. The average molecular weight is 228 g/mol. The van der Waals surface area contributed by atoms with Gasteiger partial charge in [0.25, 0.3) is 0 Å². The van der Waals surface area contributed by atoms with E-state index in [1.807, 2.05) is 24.3 Å². The largest absolute Gasteiger partial charge is 0.497 e. The number of benzene rings is 1. The molecule has 0 saturated carbocycles. The van der Waals surface area contributed by atoms with Crippen molar-refractivity contribution in [1.29, 1.82) is 0 Å². The molecule has 0 aliphatic heterocycles. The minimum Gasteiger partial charge on any atom is -0.497 e. The monoisotopic (exact) mass is 227 g/mol. The Balaban J connectivity index is 2.47. The van der Waals surface area contributed by atoms with E-state index in [9.17, 15) is 4.79 Å². The first kappa shape index (κ1) is 11.9. The van der Waals surface area contributed by atoms with Crippen molar-refractivity contribution in [2.24, 2.45) is 0 Å². The van der Waals surface area contributed by atoms with Crippen molar-refractivity contribution in [3.63, 3.8) is 0 Å². The van der Waals surface area contributed by atoms with Gasteiger partial charge in [0.05, 0.1) is 7.11 Å². The molecule has 0 aliphatic carbocycles. The Morgan fingerprint density at radius 2 is 2.00 bits per heavy atom. The van der Waals surface area contributed by atoms with Crippen molar-refractivity contribution >= 4 is 17.0 Å². The van der Waals surface area contributed by atoms with Crippen molar-refractivity contribution in [1.82, 2.24) is 4.90 Å². The lowest BCUT2D eigenvalue weighted by atomic mass is 10.1. The van der Waals surface area contributed by atoms with Crippen LogP contribution in [0.1, 0.15) is 5.56 Å². The van der Waals surface area contributed by atoms with Gasteiger partial charge in [-0.3, -0.25) is 4.79 Å². The molecule has 1 aromatic carbocycles. The summed E-state index contributed by atoms with van der Waals surface area (Å²) in [5, 5.41) is -0.427. The fourth-order valence-corrected chi connectivity index (χ4v) is 1.26. The number of ether oxygens (including phenoxy) is 1. The third-order valence-corrected chi connectivity index (χ3v) is 2.48. The Hall–Kier alpha value is -1.22. The summed E-state index contributed by atoms with van der Waals surface area (Å²) in [7, 11) is 3.31. The topological polar surface area (TPSA) is 29.5 Å². The Kier molecular flexibility index (Phi) is 4.43. The molecule has 0 bridgehead atoms. The average Bonchev–Trinajstić information content (AvgIpc) is 2.26. The van der Waals surface area contributed by atoms with E-state index in [0.29, 0.717) is 6.54 Å². The van der Waals surface area contributed by atoms with Crippen LogP contribution >= 0.6 is 11.6 Å². The molecule has 0 fully saturated rings. The van der Waals surface area contributed by atoms with Crippen LogP contribution in [0.4, 0.5) is 4.79 Å². The summed E-state index contributed by atoms with van der Waals surface area (Å²) >= 11 is 5.31. The van der Waals surface area contributed by atoms with E-state index in [0.717, 1.165) is 17.7 Å². The first-order valence-corrected chi connectivity index (χ1v) is 5.05. The molecule has 1 aromatic rings. The van der Waals surface area contributed by atoms with Crippen molar-refractivity contribution in [3.8, 4) is 5.75 Å². The van der Waals surface area contributed by atoms with E-state index in [4.69, 9.17) is 16.3 Å². The van der Waals surface area contributed by atoms with Crippen LogP contribution in [-0.2, 0) is 6.42 Å². The molecule has 0 heterocycles. The predicted molar refractivity (Wildman–Crippen MR) is 60.6 cm³/mol. The molecule has 0 saturated heterocycles. The Morgan fingerprint density at radius 3 is 2.47 bits per heavy atom. The first-order valence-electron chi connectivity index (χ1n) is 4.67. The second-order valence-corrected chi connectivity index (χ2v) is 3.60. The molecular weight excluding hydrogens is 214 g/mol. The van der Waals surface area contributed by atoms with Gasteiger partial charge in [-0.2, -0.15) is 0 Å². The van der Waals surface area contributed by atoms with E-state index < -0.39 is 5.37 Å². The first-order chi connectivity index (χ1) is 7.13. The number of nitrogens with zero attached hydrogens (tertiary/aromatic N) is 1. The number of hydrogen-bond acceptors (Lipinski definition) is 2. The van der Waals surface area contributed by atoms with Gasteiger partial charge < -0.3 is 9.64 Å². The molecule has 1 rings (SSSR count). The van der Waals surface area contributed by atoms with Gasteiger partial charge in [-0.15, -0.1) is 0 Å². The van der Waals surface area contributed by atoms with Crippen molar-refractivity contribution in [3.05, 3.63) is 29.8 Å². The van der Waals surface area contributed by atoms with E-state index in [1.54, 1.807) is 14.2 Å². The van der Waals surface area contributed by atoms with Gasteiger partial charge in [0.15, 0.2) is 0 Å². The highest BCUT2D eigenvalue weighted by molar-refractivity contribution is 6.62. The van der Waals surface area contributed by atoms with Gasteiger partial charge in [0.1, 0.15) is 5.75 Å². The van der Waals surface area contributed by atoms with Gasteiger partial charge in [-0.25, -0.2) is 0 Å². The molecule has 0 atom stereocenters. The quantitative estimate of drug-likeness (QED) is 0.584. The number of carbonyl (C=O) groups is 1. The molecule has 0 spiro atoms. The molecule has 4 heteroatoms. The Morgan fingerprint density at radius 1 is 1.40 bits per heavy atom. The van der Waals surface area contributed by atoms with E-state index in [-0.39, 0.29) is 0 Å². The molecule has 0 aromatic heterocycles. The lowest BCUT2D eigenvalue weighted by molar-refractivity contribution is 0.232. The van der Waals surface area contributed by atoms with Gasteiger partial charge in [0, 0.05) is 13.6 Å². The van der Waals surface area contributed by atoms with E-state index in [2.05, 4.69) is 0 Å². The van der Waals surface area contributed by atoms with Crippen LogP contribution < -0.4 is 4.74 Å². The van der Waals surface area contributed by atoms with Gasteiger partial charge >= 0.3 is 5.37 Å². The van der Waals surface area contributed by atoms with Crippen molar-refractivity contribution < 1.29 is 9.53 Å². The van der Waals surface area contributed by atoms with Crippen LogP contribution in [0.2, 0.25) is 0 Å². The zero-order valence-corrected chi connectivity index (χ0v) is 9.62. The highest BCUT2D eigenvalue weighted by Crippen LogP contribution is 2.11. The molecular formula is C11H14ClNO2. The third kappa shape index (κ3) is 3.80. The highest BCUT2D eigenvalue weighted by Gasteiger charge is 2.03. The number of carbonyl (C=O) groups excluding carboxylic acids is 1. The van der Waals surface area contributed by atoms with Crippen LogP contribution in [0.3, 0.4) is 0 Å². The lowest BCUT2D eigenvalue weighted by Gasteiger charge is -2.12.